The fourth-order valence-electron chi connectivity index (χ4n) is 2.63. The molecule has 0 aliphatic heterocycles. The smallest absolute Gasteiger partial charge is 0.192 e. The van der Waals surface area contributed by atoms with Gasteiger partial charge in [0.15, 0.2) is 11.0 Å². The van der Waals surface area contributed by atoms with E-state index in [1.807, 2.05) is 45.0 Å². The number of furan rings is 1. The average molecular weight is 369 g/mol. The van der Waals surface area contributed by atoms with Gasteiger partial charge in [-0.15, -0.1) is 16.8 Å². The van der Waals surface area contributed by atoms with Crippen LogP contribution in [0.25, 0.3) is 11.4 Å². The van der Waals surface area contributed by atoms with E-state index in [1.54, 1.807) is 18.0 Å². The van der Waals surface area contributed by atoms with E-state index in [0.29, 0.717) is 6.54 Å². The Bertz CT molecular complexity index is 883. The molecule has 2 heterocycles. The van der Waals surface area contributed by atoms with Crippen molar-refractivity contribution in [3.63, 3.8) is 0 Å². The molecule has 0 aliphatic carbocycles. The Morgan fingerprint density at radius 1 is 1.31 bits per heavy atom. The first kappa shape index (κ1) is 18.3. The molecule has 6 heteroatoms. The SMILES string of the molecule is C=CCn1c(SCc2cccc(OC(C)C)c2)nnc1-c1ccoc1C. The summed E-state index contributed by atoms with van der Waals surface area (Å²) in [6.45, 7) is 10.5. The Morgan fingerprint density at radius 3 is 2.85 bits per heavy atom. The van der Waals surface area contributed by atoms with Crippen LogP contribution in [0, 0.1) is 6.92 Å². The van der Waals surface area contributed by atoms with E-state index in [4.69, 9.17) is 9.15 Å². The number of rotatable bonds is 8. The van der Waals surface area contributed by atoms with Crippen molar-refractivity contribution in [1.82, 2.24) is 14.8 Å². The van der Waals surface area contributed by atoms with Crippen LogP contribution < -0.4 is 4.74 Å². The number of aryl methyl sites for hydroxylation is 1. The van der Waals surface area contributed by atoms with Crippen molar-refractivity contribution >= 4 is 11.8 Å². The maximum Gasteiger partial charge on any atom is 0.192 e. The van der Waals surface area contributed by atoms with Gasteiger partial charge in [0.05, 0.1) is 17.9 Å². The molecule has 0 bridgehead atoms. The first-order chi connectivity index (χ1) is 12.6. The van der Waals surface area contributed by atoms with Gasteiger partial charge in [-0.25, -0.2) is 0 Å². The van der Waals surface area contributed by atoms with E-state index in [9.17, 15) is 0 Å². The van der Waals surface area contributed by atoms with E-state index in [2.05, 4.69) is 33.5 Å². The first-order valence-electron chi connectivity index (χ1n) is 8.55. The molecule has 0 radical (unpaired) electrons. The highest BCUT2D eigenvalue weighted by Crippen LogP contribution is 2.29. The summed E-state index contributed by atoms with van der Waals surface area (Å²) < 4.78 is 13.2. The predicted molar refractivity (Wildman–Crippen MR) is 104 cm³/mol. The molecule has 0 fully saturated rings. The average Bonchev–Trinajstić information content (AvgIpc) is 3.19. The molecule has 0 unspecified atom stereocenters. The lowest BCUT2D eigenvalue weighted by Crippen LogP contribution is -2.05. The summed E-state index contributed by atoms with van der Waals surface area (Å²) in [6.07, 6.45) is 3.68. The van der Waals surface area contributed by atoms with E-state index in [1.165, 1.54) is 5.56 Å². The normalized spacial score (nSPS) is 11.1. The molecule has 0 aliphatic rings. The zero-order valence-electron chi connectivity index (χ0n) is 15.3. The molecule has 0 N–H and O–H groups in total. The minimum absolute atomic E-state index is 0.161. The monoisotopic (exact) mass is 369 g/mol. The molecule has 3 aromatic rings. The van der Waals surface area contributed by atoms with E-state index in [0.717, 1.165) is 33.8 Å². The lowest BCUT2D eigenvalue weighted by atomic mass is 10.2. The van der Waals surface area contributed by atoms with E-state index >= 15 is 0 Å². The summed E-state index contributed by atoms with van der Waals surface area (Å²) in [6, 6.07) is 10.1. The molecule has 0 saturated carbocycles. The minimum atomic E-state index is 0.161. The summed E-state index contributed by atoms with van der Waals surface area (Å²) in [5, 5.41) is 9.60. The fraction of sp³-hybridized carbons (Fsp3) is 0.300. The molecule has 0 spiro atoms. The van der Waals surface area contributed by atoms with Gasteiger partial charge in [0, 0.05) is 12.3 Å². The quantitative estimate of drug-likeness (QED) is 0.408. The summed E-state index contributed by atoms with van der Waals surface area (Å²) in [5.74, 6) is 3.31. The highest BCUT2D eigenvalue weighted by atomic mass is 32.2. The highest BCUT2D eigenvalue weighted by Gasteiger charge is 2.16. The molecule has 1 aromatic carbocycles. The second kappa shape index (κ2) is 8.27. The third kappa shape index (κ3) is 4.19. The van der Waals surface area contributed by atoms with Crippen molar-refractivity contribution in [3.8, 4) is 17.1 Å². The Balaban J connectivity index is 1.79. The molecule has 3 rings (SSSR count). The summed E-state index contributed by atoms with van der Waals surface area (Å²) in [5.41, 5.74) is 2.14. The number of benzene rings is 1. The first-order valence-corrected chi connectivity index (χ1v) is 9.54. The van der Waals surface area contributed by atoms with E-state index < -0.39 is 0 Å². The number of thioether (sulfide) groups is 1. The minimum Gasteiger partial charge on any atom is -0.491 e. The Hall–Kier alpha value is -2.47. The van der Waals surface area contributed by atoms with Crippen molar-refractivity contribution in [2.24, 2.45) is 0 Å². The van der Waals surface area contributed by atoms with Crippen LogP contribution in [-0.2, 0) is 12.3 Å². The van der Waals surface area contributed by atoms with Crippen LogP contribution in [0.3, 0.4) is 0 Å². The van der Waals surface area contributed by atoms with Crippen LogP contribution in [-0.4, -0.2) is 20.9 Å². The molecular formula is C20H23N3O2S. The van der Waals surface area contributed by atoms with Gasteiger partial charge in [-0.3, -0.25) is 4.57 Å². The highest BCUT2D eigenvalue weighted by molar-refractivity contribution is 7.98. The Morgan fingerprint density at radius 2 is 2.15 bits per heavy atom. The Kier molecular flexibility index (Phi) is 5.83. The number of allylic oxidation sites excluding steroid dienone is 1. The van der Waals surface area contributed by atoms with Gasteiger partial charge in [-0.05, 0) is 44.5 Å². The molecule has 26 heavy (non-hydrogen) atoms. The van der Waals surface area contributed by atoms with Crippen LogP contribution in [0.5, 0.6) is 5.75 Å². The van der Waals surface area contributed by atoms with Gasteiger partial charge in [0.25, 0.3) is 0 Å². The molecule has 136 valence electrons. The maximum atomic E-state index is 5.77. The number of hydrogen-bond acceptors (Lipinski definition) is 5. The van der Waals surface area contributed by atoms with Crippen molar-refractivity contribution in [3.05, 3.63) is 60.6 Å². The van der Waals surface area contributed by atoms with Crippen molar-refractivity contribution in [2.75, 3.05) is 0 Å². The number of ether oxygens (including phenoxy) is 1. The molecule has 0 amide bonds. The summed E-state index contributed by atoms with van der Waals surface area (Å²) >= 11 is 1.65. The third-order valence-electron chi connectivity index (χ3n) is 3.77. The summed E-state index contributed by atoms with van der Waals surface area (Å²) in [7, 11) is 0. The maximum absolute atomic E-state index is 5.77. The number of hydrogen-bond donors (Lipinski definition) is 0. The molecule has 0 atom stereocenters. The molecule has 0 saturated heterocycles. The number of aromatic nitrogens is 3. The van der Waals surface area contributed by atoms with Gasteiger partial charge in [-0.2, -0.15) is 0 Å². The zero-order valence-corrected chi connectivity index (χ0v) is 16.1. The predicted octanol–water partition coefficient (Wildman–Crippen LogP) is 5.11. The summed E-state index contributed by atoms with van der Waals surface area (Å²) in [4.78, 5) is 0. The van der Waals surface area contributed by atoms with Crippen LogP contribution in [0.2, 0.25) is 0 Å². The van der Waals surface area contributed by atoms with Crippen molar-refractivity contribution in [1.29, 1.82) is 0 Å². The lowest BCUT2D eigenvalue weighted by molar-refractivity contribution is 0.242. The zero-order chi connectivity index (χ0) is 18.5. The largest absolute Gasteiger partial charge is 0.491 e. The molecular weight excluding hydrogens is 346 g/mol. The molecule has 5 nitrogen and oxygen atoms in total. The van der Waals surface area contributed by atoms with Gasteiger partial charge >= 0.3 is 0 Å². The molecule has 2 aromatic heterocycles. The van der Waals surface area contributed by atoms with Crippen molar-refractivity contribution in [2.45, 2.75) is 44.3 Å². The van der Waals surface area contributed by atoms with Crippen molar-refractivity contribution < 1.29 is 9.15 Å². The van der Waals surface area contributed by atoms with Crippen LogP contribution in [0.1, 0.15) is 25.2 Å². The second-order valence-electron chi connectivity index (χ2n) is 6.20. The van der Waals surface area contributed by atoms with Crippen LogP contribution in [0.15, 0.2) is 58.8 Å². The van der Waals surface area contributed by atoms with Gasteiger partial charge in [-0.1, -0.05) is 30.0 Å². The number of nitrogens with zero attached hydrogens (tertiary/aromatic N) is 3. The van der Waals surface area contributed by atoms with Gasteiger partial charge in [0.1, 0.15) is 11.5 Å². The van der Waals surface area contributed by atoms with Gasteiger partial charge < -0.3 is 9.15 Å². The topological polar surface area (TPSA) is 53.1 Å². The third-order valence-corrected chi connectivity index (χ3v) is 4.80. The van der Waals surface area contributed by atoms with E-state index in [-0.39, 0.29) is 6.10 Å². The standard InChI is InChI=1S/C20H23N3O2S/c1-5-10-23-19(18-9-11-24-15(18)4)21-22-20(23)26-13-16-7-6-8-17(12-16)25-14(2)3/h5-9,11-12,14H,1,10,13H2,2-4H3. The Labute approximate surface area is 158 Å². The van der Waals surface area contributed by atoms with Crippen LogP contribution >= 0.6 is 11.8 Å². The lowest BCUT2D eigenvalue weighted by Gasteiger charge is -2.11. The van der Waals surface area contributed by atoms with Crippen LogP contribution in [0.4, 0.5) is 0 Å². The van der Waals surface area contributed by atoms with Gasteiger partial charge in [0.2, 0.25) is 0 Å². The second-order valence-corrected chi connectivity index (χ2v) is 7.14. The fourth-order valence-corrected chi connectivity index (χ4v) is 3.52.